The molecular formula is C18H20F2N2O3S2. The van der Waals surface area contributed by atoms with Gasteiger partial charge >= 0.3 is 12.6 Å². The maximum absolute atomic E-state index is 12.3. The van der Waals surface area contributed by atoms with Crippen molar-refractivity contribution in [3.8, 4) is 5.75 Å². The van der Waals surface area contributed by atoms with Crippen molar-refractivity contribution >= 4 is 45.3 Å². The Kier molecular flexibility index (Phi) is 7.49. The van der Waals surface area contributed by atoms with E-state index in [4.69, 9.17) is 17.0 Å². The van der Waals surface area contributed by atoms with E-state index < -0.39 is 12.6 Å². The van der Waals surface area contributed by atoms with Crippen molar-refractivity contribution in [1.82, 2.24) is 0 Å². The highest BCUT2D eigenvalue weighted by Gasteiger charge is 2.22. The summed E-state index contributed by atoms with van der Waals surface area (Å²) in [6, 6.07) is 5.95. The van der Waals surface area contributed by atoms with Gasteiger partial charge in [-0.25, -0.2) is 4.79 Å². The number of hydrogen-bond donors (Lipinski definition) is 2. The molecule has 1 aromatic carbocycles. The lowest BCUT2D eigenvalue weighted by atomic mass is 10.1. The van der Waals surface area contributed by atoms with Gasteiger partial charge in [-0.3, -0.25) is 0 Å². The van der Waals surface area contributed by atoms with Gasteiger partial charge in [-0.05, 0) is 62.3 Å². The molecule has 0 atom stereocenters. The fourth-order valence-electron chi connectivity index (χ4n) is 2.50. The van der Waals surface area contributed by atoms with Gasteiger partial charge in [-0.2, -0.15) is 8.78 Å². The molecule has 146 valence electrons. The van der Waals surface area contributed by atoms with E-state index >= 15 is 0 Å². The standard InChI is InChI=1S/C18H20F2N2O3S2/c1-4-13-10(3)27-15(14(13)16(23)24-5-2)22-18(26)21-11-6-8-12(9-7-11)25-17(19)20/h6-9,17H,4-5H2,1-3H3,(H2,21,22,26). The maximum Gasteiger partial charge on any atom is 0.387 e. The zero-order chi connectivity index (χ0) is 20.0. The van der Waals surface area contributed by atoms with Gasteiger partial charge in [0.25, 0.3) is 0 Å². The average molecular weight is 414 g/mol. The molecule has 2 aromatic rings. The van der Waals surface area contributed by atoms with Crippen LogP contribution < -0.4 is 15.4 Å². The van der Waals surface area contributed by atoms with E-state index in [1.165, 1.54) is 23.5 Å². The Bertz CT molecular complexity index is 808. The minimum absolute atomic E-state index is 0.0560. The van der Waals surface area contributed by atoms with Crippen molar-refractivity contribution < 1.29 is 23.0 Å². The van der Waals surface area contributed by atoms with Crippen molar-refractivity contribution in [3.63, 3.8) is 0 Å². The number of hydrogen-bond acceptors (Lipinski definition) is 5. The third kappa shape index (κ3) is 5.61. The van der Waals surface area contributed by atoms with Gasteiger partial charge < -0.3 is 20.1 Å². The lowest BCUT2D eigenvalue weighted by Gasteiger charge is -2.12. The first kappa shape index (κ1) is 21.0. The summed E-state index contributed by atoms with van der Waals surface area (Å²) in [5.74, 6) is -0.335. The lowest BCUT2D eigenvalue weighted by molar-refractivity contribution is -0.0498. The number of alkyl halides is 2. The van der Waals surface area contributed by atoms with Gasteiger partial charge in [0.1, 0.15) is 10.8 Å². The fraction of sp³-hybridized carbons (Fsp3) is 0.333. The predicted octanol–water partition coefficient (Wildman–Crippen LogP) is 5.21. The number of nitrogens with one attached hydrogen (secondary N) is 2. The molecule has 0 saturated carbocycles. The van der Waals surface area contributed by atoms with Crippen LogP contribution in [0.4, 0.5) is 19.5 Å². The Labute approximate surface area is 165 Å². The van der Waals surface area contributed by atoms with Crippen LogP contribution in [0.1, 0.15) is 34.6 Å². The molecule has 0 aliphatic heterocycles. The Morgan fingerprint density at radius 2 is 1.89 bits per heavy atom. The van der Waals surface area contributed by atoms with Crippen LogP contribution in [0.25, 0.3) is 0 Å². The molecule has 27 heavy (non-hydrogen) atoms. The summed E-state index contributed by atoms with van der Waals surface area (Å²) < 4.78 is 33.8. The number of carbonyl (C=O) groups excluding carboxylic acids is 1. The molecular weight excluding hydrogens is 394 g/mol. The summed E-state index contributed by atoms with van der Waals surface area (Å²) in [4.78, 5) is 13.3. The van der Waals surface area contributed by atoms with E-state index in [2.05, 4.69) is 15.4 Å². The largest absolute Gasteiger partial charge is 0.462 e. The van der Waals surface area contributed by atoms with Crippen LogP contribution >= 0.6 is 23.6 Å². The van der Waals surface area contributed by atoms with Crippen molar-refractivity contribution in [2.24, 2.45) is 0 Å². The zero-order valence-corrected chi connectivity index (χ0v) is 16.7. The van der Waals surface area contributed by atoms with Crippen LogP contribution in [0.3, 0.4) is 0 Å². The SMILES string of the molecule is CCOC(=O)c1c(NC(=S)Nc2ccc(OC(F)F)cc2)sc(C)c1CC. The van der Waals surface area contributed by atoms with Crippen LogP contribution in [0.2, 0.25) is 0 Å². The van der Waals surface area contributed by atoms with Gasteiger partial charge in [0, 0.05) is 10.6 Å². The number of ether oxygens (including phenoxy) is 2. The highest BCUT2D eigenvalue weighted by Crippen LogP contribution is 2.34. The average Bonchev–Trinajstić information content (AvgIpc) is 2.91. The van der Waals surface area contributed by atoms with Gasteiger partial charge in [0.05, 0.1) is 12.2 Å². The molecule has 0 amide bonds. The minimum atomic E-state index is -2.87. The molecule has 0 bridgehead atoms. The van der Waals surface area contributed by atoms with Gasteiger partial charge in [-0.15, -0.1) is 11.3 Å². The molecule has 0 fully saturated rings. The minimum Gasteiger partial charge on any atom is -0.462 e. The molecule has 2 rings (SSSR count). The number of carbonyl (C=O) groups is 1. The van der Waals surface area contributed by atoms with Crippen molar-refractivity contribution in [1.29, 1.82) is 0 Å². The Morgan fingerprint density at radius 1 is 1.22 bits per heavy atom. The topological polar surface area (TPSA) is 59.6 Å². The van der Waals surface area contributed by atoms with E-state index in [1.807, 2.05) is 13.8 Å². The Morgan fingerprint density at radius 3 is 2.44 bits per heavy atom. The molecule has 0 spiro atoms. The Balaban J connectivity index is 2.12. The van der Waals surface area contributed by atoms with Crippen molar-refractivity contribution in [3.05, 3.63) is 40.3 Å². The van der Waals surface area contributed by atoms with Gasteiger partial charge in [0.15, 0.2) is 5.11 Å². The highest BCUT2D eigenvalue weighted by molar-refractivity contribution is 7.80. The summed E-state index contributed by atoms with van der Waals surface area (Å²) in [7, 11) is 0. The van der Waals surface area contributed by atoms with E-state index in [9.17, 15) is 13.6 Å². The molecule has 2 N–H and O–H groups in total. The molecule has 0 aliphatic rings. The molecule has 0 aliphatic carbocycles. The monoisotopic (exact) mass is 414 g/mol. The van der Waals surface area contributed by atoms with Crippen molar-refractivity contribution in [2.45, 2.75) is 33.8 Å². The van der Waals surface area contributed by atoms with Crippen LogP contribution in [-0.4, -0.2) is 24.3 Å². The summed E-state index contributed by atoms with van der Waals surface area (Å²) in [5, 5.41) is 6.85. The second-order valence-electron chi connectivity index (χ2n) is 5.40. The van der Waals surface area contributed by atoms with Crippen LogP contribution in [0.5, 0.6) is 5.75 Å². The number of halogens is 2. The number of thiophene rings is 1. The Hall–Kier alpha value is -2.26. The normalized spacial score (nSPS) is 10.6. The number of esters is 1. The molecule has 0 radical (unpaired) electrons. The van der Waals surface area contributed by atoms with E-state index in [0.717, 1.165) is 10.4 Å². The quantitative estimate of drug-likeness (QED) is 0.479. The zero-order valence-electron chi connectivity index (χ0n) is 15.1. The summed E-state index contributed by atoms with van der Waals surface area (Å²) >= 11 is 6.73. The molecule has 1 heterocycles. The predicted molar refractivity (Wildman–Crippen MR) is 107 cm³/mol. The first-order valence-corrected chi connectivity index (χ1v) is 9.50. The molecule has 5 nitrogen and oxygen atoms in total. The number of benzene rings is 1. The summed E-state index contributed by atoms with van der Waals surface area (Å²) in [6.07, 6.45) is 0.698. The fourth-order valence-corrected chi connectivity index (χ4v) is 3.92. The summed E-state index contributed by atoms with van der Waals surface area (Å²) in [5.41, 5.74) is 2.01. The van der Waals surface area contributed by atoms with Crippen molar-refractivity contribution in [2.75, 3.05) is 17.2 Å². The number of anilines is 2. The number of aryl methyl sites for hydroxylation is 1. The van der Waals surface area contributed by atoms with Crippen LogP contribution in [-0.2, 0) is 11.2 Å². The first-order valence-electron chi connectivity index (χ1n) is 8.27. The van der Waals surface area contributed by atoms with E-state index in [0.29, 0.717) is 22.7 Å². The van der Waals surface area contributed by atoms with Crippen LogP contribution in [0, 0.1) is 6.92 Å². The molecule has 0 unspecified atom stereocenters. The van der Waals surface area contributed by atoms with E-state index in [-0.39, 0.29) is 17.5 Å². The smallest absolute Gasteiger partial charge is 0.387 e. The van der Waals surface area contributed by atoms with E-state index in [1.54, 1.807) is 19.1 Å². The summed E-state index contributed by atoms with van der Waals surface area (Å²) in [6.45, 7) is 3.08. The lowest BCUT2D eigenvalue weighted by Crippen LogP contribution is -2.20. The molecule has 0 saturated heterocycles. The second kappa shape index (κ2) is 9.61. The third-order valence-corrected chi connectivity index (χ3v) is 4.87. The number of rotatable bonds is 7. The molecule has 1 aromatic heterocycles. The second-order valence-corrected chi connectivity index (χ2v) is 7.03. The van der Waals surface area contributed by atoms with Crippen LogP contribution in [0.15, 0.2) is 24.3 Å². The van der Waals surface area contributed by atoms with Gasteiger partial charge in [0.2, 0.25) is 0 Å². The first-order chi connectivity index (χ1) is 12.8. The van der Waals surface area contributed by atoms with Gasteiger partial charge in [-0.1, -0.05) is 6.92 Å². The number of thiocarbonyl (C=S) groups is 1. The highest BCUT2D eigenvalue weighted by atomic mass is 32.1. The maximum atomic E-state index is 12.3. The third-order valence-electron chi connectivity index (χ3n) is 3.61. The molecule has 9 heteroatoms.